The molecule has 2 aromatic heterocycles. The van der Waals surface area contributed by atoms with E-state index in [-0.39, 0.29) is 11.6 Å². The van der Waals surface area contributed by atoms with Crippen molar-refractivity contribution < 1.29 is 10.2 Å². The van der Waals surface area contributed by atoms with Gasteiger partial charge in [-0.2, -0.15) is 0 Å². The number of hydrogen-bond acceptors (Lipinski definition) is 6. The first-order valence-corrected chi connectivity index (χ1v) is 12.7. The minimum atomic E-state index is -0.442. The van der Waals surface area contributed by atoms with E-state index in [1.807, 2.05) is 12.4 Å². The summed E-state index contributed by atoms with van der Waals surface area (Å²) in [6.07, 6.45) is 15.1. The van der Waals surface area contributed by atoms with Gasteiger partial charge in [0.05, 0.1) is 22.6 Å². The molecule has 0 saturated heterocycles. The molecule has 4 saturated carbocycles. The highest BCUT2D eigenvalue weighted by atomic mass is 16.3. The Kier molecular flexibility index (Phi) is 5.87. The summed E-state index contributed by atoms with van der Waals surface area (Å²) in [6.45, 7) is 4.47. The van der Waals surface area contributed by atoms with Crippen molar-refractivity contribution in [1.82, 2.24) is 15.0 Å². The van der Waals surface area contributed by atoms with Crippen LogP contribution in [0.5, 0.6) is 0 Å². The predicted molar refractivity (Wildman–Crippen MR) is 127 cm³/mol. The standard InChI is InChI=1S/C26H38N4O2/c1-3-17(2)14-22-27-16-21-23(29-22)20(18-4-6-19(31)7-5-18)15-28-24(21)30-25-8-11-26(32,12-9-25)13-10-25/h15-19,31-32H,3-14H2,1-2H3,(H,28,30)/t17-,18?,19?,25?,26?/m0/s1. The van der Waals surface area contributed by atoms with Gasteiger partial charge in [0.25, 0.3) is 0 Å². The van der Waals surface area contributed by atoms with Crippen molar-refractivity contribution >= 4 is 16.7 Å². The molecule has 0 aliphatic heterocycles. The van der Waals surface area contributed by atoms with Crippen LogP contribution in [0.2, 0.25) is 0 Å². The minimum Gasteiger partial charge on any atom is -0.393 e. The third kappa shape index (κ3) is 4.24. The summed E-state index contributed by atoms with van der Waals surface area (Å²) in [4.78, 5) is 14.7. The van der Waals surface area contributed by atoms with Crippen molar-refractivity contribution in [2.75, 3.05) is 5.32 Å². The average Bonchev–Trinajstić information content (AvgIpc) is 2.81. The number of aromatic nitrogens is 3. The maximum Gasteiger partial charge on any atom is 0.137 e. The highest BCUT2D eigenvalue weighted by molar-refractivity contribution is 5.91. The van der Waals surface area contributed by atoms with Gasteiger partial charge in [-0.25, -0.2) is 15.0 Å². The number of nitrogens with one attached hydrogen (secondary N) is 1. The summed E-state index contributed by atoms with van der Waals surface area (Å²) in [6, 6.07) is 0. The van der Waals surface area contributed by atoms with E-state index in [0.29, 0.717) is 11.8 Å². The van der Waals surface area contributed by atoms with Crippen molar-refractivity contribution in [3.8, 4) is 0 Å². The quantitative estimate of drug-likeness (QED) is 0.595. The van der Waals surface area contributed by atoms with E-state index in [9.17, 15) is 10.2 Å². The number of rotatable bonds is 6. The molecule has 174 valence electrons. The van der Waals surface area contributed by atoms with Gasteiger partial charge in [-0.05, 0) is 76.0 Å². The molecule has 0 amide bonds. The number of aliphatic hydroxyl groups is 2. The number of pyridine rings is 1. The van der Waals surface area contributed by atoms with Crippen LogP contribution in [0.25, 0.3) is 10.9 Å². The smallest absolute Gasteiger partial charge is 0.137 e. The summed E-state index contributed by atoms with van der Waals surface area (Å²) in [5, 5.41) is 25.4. The molecule has 1 atom stereocenters. The first-order chi connectivity index (χ1) is 15.4. The van der Waals surface area contributed by atoms with E-state index < -0.39 is 5.60 Å². The molecule has 6 heteroatoms. The number of aliphatic hydroxyl groups excluding tert-OH is 1. The summed E-state index contributed by atoms with van der Waals surface area (Å²) in [5.41, 5.74) is 1.83. The molecular formula is C26H38N4O2. The van der Waals surface area contributed by atoms with Gasteiger partial charge in [-0.15, -0.1) is 0 Å². The number of fused-ring (bicyclic) bond motifs is 4. The monoisotopic (exact) mass is 438 g/mol. The average molecular weight is 439 g/mol. The fourth-order valence-corrected chi connectivity index (χ4v) is 6.02. The lowest BCUT2D eigenvalue weighted by Gasteiger charge is -2.51. The lowest BCUT2D eigenvalue weighted by atomic mass is 9.63. The maximum atomic E-state index is 10.6. The van der Waals surface area contributed by atoms with E-state index in [1.165, 1.54) is 5.56 Å². The van der Waals surface area contributed by atoms with E-state index in [0.717, 1.165) is 99.6 Å². The maximum absolute atomic E-state index is 10.6. The Labute approximate surface area is 191 Å². The lowest BCUT2D eigenvalue weighted by molar-refractivity contribution is -0.0580. The molecule has 2 heterocycles. The topological polar surface area (TPSA) is 91.2 Å². The zero-order valence-corrected chi connectivity index (χ0v) is 19.6. The fourth-order valence-electron chi connectivity index (χ4n) is 6.02. The molecule has 4 aliphatic rings. The zero-order valence-electron chi connectivity index (χ0n) is 19.6. The molecule has 0 aromatic carbocycles. The summed E-state index contributed by atoms with van der Waals surface area (Å²) in [7, 11) is 0. The summed E-state index contributed by atoms with van der Waals surface area (Å²) >= 11 is 0. The van der Waals surface area contributed by atoms with E-state index in [2.05, 4.69) is 19.2 Å². The van der Waals surface area contributed by atoms with Gasteiger partial charge in [-0.1, -0.05) is 20.3 Å². The molecule has 3 N–H and O–H groups in total. The zero-order chi connectivity index (χ0) is 22.3. The van der Waals surface area contributed by atoms with Crippen LogP contribution in [0.4, 0.5) is 5.82 Å². The number of nitrogens with zero attached hydrogens (tertiary/aromatic N) is 3. The summed E-state index contributed by atoms with van der Waals surface area (Å²) in [5.74, 6) is 2.76. The third-order valence-corrected chi connectivity index (χ3v) is 8.65. The Morgan fingerprint density at radius 2 is 1.72 bits per heavy atom. The SMILES string of the molecule is CC[C@H](C)Cc1ncc2c(NC34CCC(O)(CC3)CC4)ncc(C3CCC(O)CC3)c2n1. The Balaban J connectivity index is 1.50. The third-order valence-electron chi connectivity index (χ3n) is 8.65. The van der Waals surface area contributed by atoms with Crippen LogP contribution in [-0.2, 0) is 6.42 Å². The molecule has 4 aliphatic carbocycles. The molecule has 0 spiro atoms. The first-order valence-electron chi connectivity index (χ1n) is 12.7. The van der Waals surface area contributed by atoms with Gasteiger partial charge < -0.3 is 15.5 Å². The van der Waals surface area contributed by atoms with Gasteiger partial charge in [-0.3, -0.25) is 0 Å². The highest BCUT2D eigenvalue weighted by Gasteiger charge is 2.48. The van der Waals surface area contributed by atoms with Crippen LogP contribution in [0.3, 0.4) is 0 Å². The van der Waals surface area contributed by atoms with Crippen molar-refractivity contribution in [3.63, 3.8) is 0 Å². The van der Waals surface area contributed by atoms with Crippen molar-refractivity contribution in [1.29, 1.82) is 0 Å². The van der Waals surface area contributed by atoms with E-state index >= 15 is 0 Å². The van der Waals surface area contributed by atoms with Gasteiger partial charge >= 0.3 is 0 Å². The molecular weight excluding hydrogens is 400 g/mol. The van der Waals surface area contributed by atoms with Crippen LogP contribution in [0.1, 0.15) is 102 Å². The fraction of sp³-hybridized carbons (Fsp3) is 0.731. The highest BCUT2D eigenvalue weighted by Crippen LogP contribution is 2.48. The molecule has 2 aromatic rings. The van der Waals surface area contributed by atoms with Crippen molar-refractivity contribution in [2.24, 2.45) is 5.92 Å². The normalized spacial score (nSPS) is 33.4. The van der Waals surface area contributed by atoms with Crippen LogP contribution in [-0.4, -0.2) is 42.4 Å². The number of hydrogen-bond donors (Lipinski definition) is 3. The molecule has 6 rings (SSSR count). The van der Waals surface area contributed by atoms with E-state index in [1.54, 1.807) is 0 Å². The summed E-state index contributed by atoms with van der Waals surface area (Å²) < 4.78 is 0. The Morgan fingerprint density at radius 3 is 2.38 bits per heavy atom. The van der Waals surface area contributed by atoms with E-state index in [4.69, 9.17) is 15.0 Å². The van der Waals surface area contributed by atoms with Gasteiger partial charge in [0.15, 0.2) is 0 Å². The van der Waals surface area contributed by atoms with Crippen molar-refractivity contribution in [2.45, 2.75) is 114 Å². The molecule has 2 bridgehead atoms. The van der Waals surface area contributed by atoms with Crippen LogP contribution in [0.15, 0.2) is 12.4 Å². The lowest BCUT2D eigenvalue weighted by Crippen LogP contribution is -2.53. The second kappa shape index (κ2) is 8.53. The van der Waals surface area contributed by atoms with Gasteiger partial charge in [0, 0.05) is 29.9 Å². The second-order valence-corrected chi connectivity index (χ2v) is 11.0. The van der Waals surface area contributed by atoms with Gasteiger partial charge in [0.2, 0.25) is 0 Å². The Morgan fingerprint density at radius 1 is 1.03 bits per heavy atom. The Bertz CT molecular complexity index is 945. The minimum absolute atomic E-state index is 0.0241. The first kappa shape index (κ1) is 22.0. The Hall–Kier alpha value is -1.79. The van der Waals surface area contributed by atoms with Gasteiger partial charge in [0.1, 0.15) is 11.6 Å². The largest absolute Gasteiger partial charge is 0.393 e. The van der Waals surface area contributed by atoms with Crippen molar-refractivity contribution in [3.05, 3.63) is 23.8 Å². The molecule has 0 radical (unpaired) electrons. The molecule has 4 fully saturated rings. The number of anilines is 1. The molecule has 32 heavy (non-hydrogen) atoms. The predicted octanol–water partition coefficient (Wildman–Crippen LogP) is 4.88. The van der Waals surface area contributed by atoms with Crippen LogP contribution in [0, 0.1) is 5.92 Å². The van der Waals surface area contributed by atoms with Crippen LogP contribution >= 0.6 is 0 Å². The second-order valence-electron chi connectivity index (χ2n) is 11.0. The van der Waals surface area contributed by atoms with Crippen LogP contribution < -0.4 is 5.32 Å². The molecule has 6 nitrogen and oxygen atoms in total. The molecule has 0 unspecified atom stereocenters.